The largest absolute Gasteiger partial charge is 0.344 e. The molecule has 2 aliphatic rings. The van der Waals surface area contributed by atoms with Crippen molar-refractivity contribution < 1.29 is 14.4 Å². The van der Waals surface area contributed by atoms with Crippen LogP contribution in [0.25, 0.3) is 11.3 Å². The number of likely N-dealkylation sites (tertiary alicyclic amines) is 1. The lowest BCUT2D eigenvalue weighted by atomic mass is 9.83. The van der Waals surface area contributed by atoms with Crippen molar-refractivity contribution >= 4 is 34.3 Å². The molecular weight excluding hydrogens is 570 g/mol. The number of hydrogen-bond acceptors (Lipinski definition) is 6. The molecule has 2 heterocycles. The van der Waals surface area contributed by atoms with Crippen molar-refractivity contribution in [2.24, 2.45) is 11.8 Å². The normalized spacial score (nSPS) is 19.2. The molecule has 2 fully saturated rings. The molecule has 2 unspecified atom stereocenters. The molecule has 0 bridgehead atoms. The lowest BCUT2D eigenvalue weighted by Gasteiger charge is -2.35. The molecule has 1 aromatic heterocycles. The van der Waals surface area contributed by atoms with Crippen LogP contribution in [-0.2, 0) is 14.4 Å². The molecule has 2 aromatic carbocycles. The van der Waals surface area contributed by atoms with Crippen LogP contribution in [0, 0.1) is 11.8 Å². The summed E-state index contributed by atoms with van der Waals surface area (Å²) in [5, 5.41) is 11.0. The highest BCUT2D eigenvalue weighted by molar-refractivity contribution is 7.10. The highest BCUT2D eigenvalue weighted by Gasteiger charge is 2.41. The van der Waals surface area contributed by atoms with Crippen LogP contribution in [0.15, 0.2) is 60.7 Å². The Morgan fingerprint density at radius 2 is 1.61 bits per heavy atom. The predicted molar refractivity (Wildman–Crippen MR) is 175 cm³/mol. The van der Waals surface area contributed by atoms with Crippen LogP contribution in [0.2, 0.25) is 0 Å². The predicted octanol–water partition coefficient (Wildman–Crippen LogP) is 6.81. The molecule has 0 radical (unpaired) electrons. The van der Waals surface area contributed by atoms with Gasteiger partial charge in [0.25, 0.3) is 0 Å². The molecule has 0 spiro atoms. The van der Waals surface area contributed by atoms with E-state index in [0.717, 1.165) is 74.9 Å². The highest BCUT2D eigenvalue weighted by atomic mass is 32.1. The lowest BCUT2D eigenvalue weighted by Crippen LogP contribution is -2.56. The number of nitrogens with one attached hydrogen (secondary N) is 2. The molecule has 1 aliphatic heterocycles. The van der Waals surface area contributed by atoms with E-state index >= 15 is 0 Å². The summed E-state index contributed by atoms with van der Waals surface area (Å²) in [6, 6.07) is 18.9. The van der Waals surface area contributed by atoms with Crippen molar-refractivity contribution in [2.75, 3.05) is 11.9 Å². The average molecular weight is 616 g/mol. The smallest absolute Gasteiger partial charge is 0.247 e. The molecule has 1 saturated heterocycles. The molecule has 234 valence electrons. The van der Waals surface area contributed by atoms with E-state index in [1.807, 2.05) is 43.3 Å². The Labute approximate surface area is 265 Å². The summed E-state index contributed by atoms with van der Waals surface area (Å²) in [5.41, 5.74) is 2.82. The molecule has 3 amide bonds. The number of anilines is 1. The Balaban J connectivity index is 1.22. The number of rotatable bonds is 12. The molecule has 4 atom stereocenters. The van der Waals surface area contributed by atoms with Gasteiger partial charge in [0, 0.05) is 29.6 Å². The fraction of sp³-hybridized carbons (Fsp3) is 0.514. The molecule has 44 heavy (non-hydrogen) atoms. The Morgan fingerprint density at radius 1 is 0.909 bits per heavy atom. The maximum atomic E-state index is 14.2. The minimum atomic E-state index is -0.605. The van der Waals surface area contributed by atoms with Crippen molar-refractivity contribution in [3.8, 4) is 11.3 Å². The van der Waals surface area contributed by atoms with Gasteiger partial charge in [0.2, 0.25) is 17.7 Å². The number of carbonyl (C=O) groups excluding carboxylic acids is 3. The molecule has 2 N–H and O–H groups in total. The highest BCUT2D eigenvalue weighted by Crippen LogP contribution is 2.32. The first-order chi connectivity index (χ1) is 21.4. The second-order valence-electron chi connectivity index (χ2n) is 12.5. The van der Waals surface area contributed by atoms with Crippen LogP contribution >= 0.6 is 11.5 Å². The van der Waals surface area contributed by atoms with Crippen molar-refractivity contribution in [1.82, 2.24) is 19.8 Å². The number of aromatic nitrogens is 2. The van der Waals surface area contributed by atoms with Crippen LogP contribution in [0.4, 0.5) is 5.00 Å². The fourth-order valence-corrected chi connectivity index (χ4v) is 7.28. The molecular formula is C35H45N5O3S. The van der Waals surface area contributed by atoms with E-state index in [9.17, 15) is 14.4 Å². The molecule has 1 aliphatic carbocycles. The number of benzene rings is 2. The van der Waals surface area contributed by atoms with Crippen LogP contribution in [0.5, 0.6) is 0 Å². The Kier molecular flexibility index (Phi) is 11.2. The third-order valence-electron chi connectivity index (χ3n) is 9.39. The van der Waals surface area contributed by atoms with Gasteiger partial charge in [-0.2, -0.15) is 0 Å². The van der Waals surface area contributed by atoms with Crippen molar-refractivity contribution in [1.29, 1.82) is 0 Å². The summed E-state index contributed by atoms with van der Waals surface area (Å²) in [6.07, 6.45) is 9.16. The van der Waals surface area contributed by atoms with E-state index in [-0.39, 0.29) is 29.6 Å². The van der Waals surface area contributed by atoms with Gasteiger partial charge in [0.15, 0.2) is 0 Å². The SMILES string of the molecule is CC(CCCC(C)c1ccccc1)C(=O)N[C@H](C(=O)N1CCC[C@H]1C(=O)Nc1snnc1-c1ccccc1)C1CCCCC1. The van der Waals surface area contributed by atoms with Gasteiger partial charge < -0.3 is 15.5 Å². The monoisotopic (exact) mass is 615 g/mol. The van der Waals surface area contributed by atoms with E-state index in [2.05, 4.69) is 51.4 Å². The first-order valence-corrected chi connectivity index (χ1v) is 17.0. The van der Waals surface area contributed by atoms with Gasteiger partial charge in [-0.15, -0.1) is 5.10 Å². The van der Waals surface area contributed by atoms with Gasteiger partial charge in [0.05, 0.1) is 0 Å². The zero-order chi connectivity index (χ0) is 30.9. The summed E-state index contributed by atoms with van der Waals surface area (Å²) in [7, 11) is 0. The zero-order valence-electron chi connectivity index (χ0n) is 25.9. The molecule has 5 rings (SSSR count). The summed E-state index contributed by atoms with van der Waals surface area (Å²) in [5.74, 6) is -0.0855. The average Bonchev–Trinajstić information content (AvgIpc) is 3.75. The summed E-state index contributed by atoms with van der Waals surface area (Å²) in [6.45, 7) is 4.70. The zero-order valence-corrected chi connectivity index (χ0v) is 26.7. The molecule has 3 aromatic rings. The van der Waals surface area contributed by atoms with Gasteiger partial charge in [-0.3, -0.25) is 14.4 Å². The van der Waals surface area contributed by atoms with Crippen molar-refractivity contribution in [3.63, 3.8) is 0 Å². The number of hydrogen-bond donors (Lipinski definition) is 2. The van der Waals surface area contributed by atoms with Crippen LogP contribution < -0.4 is 10.6 Å². The van der Waals surface area contributed by atoms with Crippen LogP contribution in [0.3, 0.4) is 0 Å². The van der Waals surface area contributed by atoms with Crippen molar-refractivity contribution in [3.05, 3.63) is 66.2 Å². The van der Waals surface area contributed by atoms with E-state index < -0.39 is 12.1 Å². The Morgan fingerprint density at radius 3 is 2.34 bits per heavy atom. The standard InChI is InChI=1S/C35H45N5O3S/c1-24(26-16-6-3-7-17-26)14-12-15-25(2)32(41)36-31(28-20-10-5-11-21-28)35(43)40-23-13-22-29(40)33(42)37-34-30(38-39-44-34)27-18-8-4-9-19-27/h3-4,6-9,16-19,24-25,28-29,31H,5,10-15,20-23H2,1-2H3,(H,36,41)(H,37,42)/t24?,25?,29-,31-/m0/s1. The minimum Gasteiger partial charge on any atom is -0.344 e. The fourth-order valence-electron chi connectivity index (χ4n) is 6.69. The maximum Gasteiger partial charge on any atom is 0.247 e. The van der Waals surface area contributed by atoms with Gasteiger partial charge in [-0.25, -0.2) is 0 Å². The first kappa shape index (κ1) is 31.8. The summed E-state index contributed by atoms with van der Waals surface area (Å²) in [4.78, 5) is 42.9. The molecule has 1 saturated carbocycles. The second kappa shape index (κ2) is 15.4. The quantitative estimate of drug-likeness (QED) is 0.233. The Bertz CT molecular complexity index is 1380. The van der Waals surface area contributed by atoms with Crippen molar-refractivity contribution in [2.45, 2.75) is 96.1 Å². The third kappa shape index (κ3) is 7.92. The lowest BCUT2D eigenvalue weighted by molar-refractivity contribution is -0.142. The van der Waals surface area contributed by atoms with E-state index in [4.69, 9.17) is 0 Å². The number of amides is 3. The van der Waals surface area contributed by atoms with E-state index in [0.29, 0.717) is 29.6 Å². The van der Waals surface area contributed by atoms with Gasteiger partial charge in [-0.1, -0.05) is 105 Å². The van der Waals surface area contributed by atoms with Crippen LogP contribution in [0.1, 0.15) is 89.5 Å². The van der Waals surface area contributed by atoms with Gasteiger partial charge >= 0.3 is 0 Å². The molecule has 9 heteroatoms. The van der Waals surface area contributed by atoms with Gasteiger partial charge in [0.1, 0.15) is 22.8 Å². The van der Waals surface area contributed by atoms with Crippen LogP contribution in [-0.4, -0.2) is 50.8 Å². The Hall–Kier alpha value is -3.59. The van der Waals surface area contributed by atoms with E-state index in [1.165, 1.54) is 5.56 Å². The molecule has 8 nitrogen and oxygen atoms in total. The van der Waals surface area contributed by atoms with Gasteiger partial charge in [-0.05, 0) is 55.9 Å². The second-order valence-corrected chi connectivity index (χ2v) is 13.3. The third-order valence-corrected chi connectivity index (χ3v) is 10.0. The maximum absolute atomic E-state index is 14.2. The summed E-state index contributed by atoms with van der Waals surface area (Å²) >= 11 is 1.13. The minimum absolute atomic E-state index is 0.0651. The number of nitrogens with zero attached hydrogens (tertiary/aromatic N) is 3. The summed E-state index contributed by atoms with van der Waals surface area (Å²) < 4.78 is 4.07. The first-order valence-electron chi connectivity index (χ1n) is 16.3. The number of carbonyl (C=O) groups is 3. The van der Waals surface area contributed by atoms with E-state index in [1.54, 1.807) is 4.90 Å². The topological polar surface area (TPSA) is 104 Å².